The lowest BCUT2D eigenvalue weighted by Gasteiger charge is -2.21. The Balaban J connectivity index is 2.25. The SMILES string of the molecule is COc1cccc(P(=O)(c2ccc(C)cc2)c2ccc(C)cc2)c1. The van der Waals surface area contributed by atoms with Gasteiger partial charge in [-0.2, -0.15) is 0 Å². The van der Waals surface area contributed by atoms with Crippen LogP contribution in [0.2, 0.25) is 0 Å². The van der Waals surface area contributed by atoms with Gasteiger partial charge in [0.15, 0.2) is 7.14 Å². The zero-order valence-electron chi connectivity index (χ0n) is 14.2. The largest absolute Gasteiger partial charge is 0.497 e. The van der Waals surface area contributed by atoms with E-state index in [9.17, 15) is 4.57 Å². The van der Waals surface area contributed by atoms with Crippen molar-refractivity contribution in [2.45, 2.75) is 13.8 Å². The number of aryl methyl sites for hydroxylation is 2. The Kier molecular flexibility index (Phi) is 4.59. The van der Waals surface area contributed by atoms with Gasteiger partial charge >= 0.3 is 0 Å². The van der Waals surface area contributed by atoms with Crippen LogP contribution in [0.3, 0.4) is 0 Å². The van der Waals surface area contributed by atoms with Crippen molar-refractivity contribution in [3.05, 3.63) is 83.9 Å². The molecule has 0 spiro atoms. The fourth-order valence-electron chi connectivity index (χ4n) is 2.76. The third-order valence-electron chi connectivity index (χ3n) is 4.21. The van der Waals surface area contributed by atoms with Gasteiger partial charge in [-0.15, -0.1) is 0 Å². The maximum Gasteiger partial charge on any atom is 0.171 e. The van der Waals surface area contributed by atoms with Gasteiger partial charge in [0, 0.05) is 15.9 Å². The first-order chi connectivity index (χ1) is 11.5. The molecule has 3 aromatic rings. The minimum atomic E-state index is -2.94. The van der Waals surface area contributed by atoms with Crippen LogP contribution < -0.4 is 20.7 Å². The molecule has 0 radical (unpaired) electrons. The maximum atomic E-state index is 14.3. The Morgan fingerprint density at radius 1 is 0.708 bits per heavy atom. The summed E-state index contributed by atoms with van der Waals surface area (Å²) in [5, 5.41) is 2.46. The summed E-state index contributed by atoms with van der Waals surface area (Å²) in [7, 11) is -1.31. The molecular weight excluding hydrogens is 315 g/mol. The van der Waals surface area contributed by atoms with Crippen molar-refractivity contribution in [2.24, 2.45) is 0 Å². The van der Waals surface area contributed by atoms with E-state index in [1.54, 1.807) is 7.11 Å². The number of hydrogen-bond acceptors (Lipinski definition) is 2. The molecule has 0 aliphatic heterocycles. The molecule has 24 heavy (non-hydrogen) atoms. The molecule has 3 rings (SSSR count). The molecule has 0 amide bonds. The summed E-state index contributed by atoms with van der Waals surface area (Å²) >= 11 is 0. The molecule has 0 aliphatic rings. The number of methoxy groups -OCH3 is 1. The Labute approximate surface area is 143 Å². The first-order valence-corrected chi connectivity index (χ1v) is 9.64. The normalized spacial score (nSPS) is 11.3. The molecular formula is C21H21O2P. The highest BCUT2D eigenvalue weighted by Crippen LogP contribution is 2.43. The van der Waals surface area contributed by atoms with Crippen LogP contribution in [0.1, 0.15) is 11.1 Å². The van der Waals surface area contributed by atoms with Crippen LogP contribution in [0.5, 0.6) is 5.75 Å². The van der Waals surface area contributed by atoms with Crippen molar-refractivity contribution in [1.82, 2.24) is 0 Å². The monoisotopic (exact) mass is 336 g/mol. The van der Waals surface area contributed by atoms with E-state index in [0.717, 1.165) is 27.0 Å². The molecule has 3 heteroatoms. The molecule has 0 aliphatic carbocycles. The highest BCUT2D eigenvalue weighted by atomic mass is 31.2. The second-order valence-corrected chi connectivity index (χ2v) is 8.75. The first-order valence-electron chi connectivity index (χ1n) is 7.93. The van der Waals surface area contributed by atoms with E-state index in [0.29, 0.717) is 5.75 Å². The molecule has 3 aromatic carbocycles. The Morgan fingerprint density at radius 3 is 1.67 bits per heavy atom. The van der Waals surface area contributed by atoms with Gasteiger partial charge in [-0.05, 0) is 26.0 Å². The molecule has 122 valence electrons. The maximum absolute atomic E-state index is 14.3. The Morgan fingerprint density at radius 2 is 1.21 bits per heavy atom. The van der Waals surface area contributed by atoms with Crippen molar-refractivity contribution >= 4 is 23.1 Å². The minimum Gasteiger partial charge on any atom is -0.497 e. The van der Waals surface area contributed by atoms with Crippen LogP contribution in [0.15, 0.2) is 72.8 Å². The molecule has 0 saturated heterocycles. The standard InChI is InChI=1S/C21H21O2P/c1-16-7-11-19(12-8-16)24(22,20-13-9-17(2)10-14-20)21-6-4-5-18(15-21)23-3/h4-15H,1-3H3. The van der Waals surface area contributed by atoms with Crippen molar-refractivity contribution in [1.29, 1.82) is 0 Å². The van der Waals surface area contributed by atoms with Gasteiger partial charge in [-0.3, -0.25) is 0 Å². The molecule has 0 atom stereocenters. The van der Waals surface area contributed by atoms with E-state index in [1.165, 1.54) is 0 Å². The summed E-state index contributed by atoms with van der Waals surface area (Å²) < 4.78 is 19.6. The summed E-state index contributed by atoms with van der Waals surface area (Å²) in [6, 6.07) is 23.5. The Hall–Kier alpha value is -2.31. The number of ether oxygens (including phenoxy) is 1. The van der Waals surface area contributed by atoms with E-state index in [-0.39, 0.29) is 0 Å². The zero-order chi connectivity index (χ0) is 17.2. The van der Waals surface area contributed by atoms with Crippen LogP contribution in [0, 0.1) is 13.8 Å². The summed E-state index contributed by atoms with van der Waals surface area (Å²) in [4.78, 5) is 0. The van der Waals surface area contributed by atoms with E-state index in [2.05, 4.69) is 0 Å². The smallest absolute Gasteiger partial charge is 0.171 e. The molecule has 0 N–H and O–H groups in total. The molecule has 0 fully saturated rings. The van der Waals surface area contributed by atoms with Gasteiger partial charge in [0.05, 0.1) is 7.11 Å². The fourth-order valence-corrected chi connectivity index (χ4v) is 5.40. The summed E-state index contributed by atoms with van der Waals surface area (Å²) in [6.07, 6.45) is 0. The van der Waals surface area contributed by atoms with Crippen molar-refractivity contribution in [2.75, 3.05) is 7.11 Å². The second kappa shape index (κ2) is 6.67. The van der Waals surface area contributed by atoms with Crippen LogP contribution in [-0.4, -0.2) is 7.11 Å². The Bertz CT molecular complexity index is 831. The number of hydrogen-bond donors (Lipinski definition) is 0. The van der Waals surface area contributed by atoms with Crippen LogP contribution >= 0.6 is 7.14 Å². The second-order valence-electron chi connectivity index (χ2n) is 5.98. The predicted octanol–water partition coefficient (Wildman–Crippen LogP) is 3.95. The van der Waals surface area contributed by atoms with Crippen molar-refractivity contribution in [3.63, 3.8) is 0 Å². The van der Waals surface area contributed by atoms with Crippen LogP contribution in [-0.2, 0) is 4.57 Å². The molecule has 0 bridgehead atoms. The lowest BCUT2D eigenvalue weighted by atomic mass is 10.2. The lowest BCUT2D eigenvalue weighted by Crippen LogP contribution is -2.25. The highest BCUT2D eigenvalue weighted by molar-refractivity contribution is 7.85. The zero-order valence-corrected chi connectivity index (χ0v) is 15.1. The number of benzene rings is 3. The minimum absolute atomic E-state index is 0.715. The predicted molar refractivity (Wildman–Crippen MR) is 102 cm³/mol. The highest BCUT2D eigenvalue weighted by Gasteiger charge is 2.30. The van der Waals surface area contributed by atoms with E-state index in [4.69, 9.17) is 4.74 Å². The van der Waals surface area contributed by atoms with Gasteiger partial charge in [0.2, 0.25) is 0 Å². The quantitative estimate of drug-likeness (QED) is 0.674. The van der Waals surface area contributed by atoms with Gasteiger partial charge in [-0.25, -0.2) is 0 Å². The molecule has 0 saturated carbocycles. The summed E-state index contributed by atoms with van der Waals surface area (Å²) in [6.45, 7) is 4.07. The summed E-state index contributed by atoms with van der Waals surface area (Å²) in [5.41, 5.74) is 2.31. The first kappa shape index (κ1) is 16.5. The lowest BCUT2D eigenvalue weighted by molar-refractivity contribution is 0.415. The van der Waals surface area contributed by atoms with Gasteiger partial charge < -0.3 is 9.30 Å². The van der Waals surface area contributed by atoms with E-state index >= 15 is 0 Å². The fraction of sp³-hybridized carbons (Fsp3) is 0.143. The number of rotatable bonds is 4. The van der Waals surface area contributed by atoms with Crippen molar-refractivity contribution < 1.29 is 9.30 Å². The average Bonchev–Trinajstić information content (AvgIpc) is 2.62. The van der Waals surface area contributed by atoms with Crippen molar-refractivity contribution in [3.8, 4) is 5.75 Å². The van der Waals surface area contributed by atoms with Gasteiger partial charge in [-0.1, -0.05) is 71.8 Å². The molecule has 0 aromatic heterocycles. The van der Waals surface area contributed by atoms with Crippen LogP contribution in [0.25, 0.3) is 0 Å². The summed E-state index contributed by atoms with van der Waals surface area (Å²) in [5.74, 6) is 0.715. The third kappa shape index (κ3) is 3.02. The average molecular weight is 336 g/mol. The van der Waals surface area contributed by atoms with Crippen LogP contribution in [0.4, 0.5) is 0 Å². The topological polar surface area (TPSA) is 26.3 Å². The third-order valence-corrected chi connectivity index (χ3v) is 7.27. The van der Waals surface area contributed by atoms with E-state index < -0.39 is 7.14 Å². The molecule has 0 heterocycles. The van der Waals surface area contributed by atoms with E-state index in [1.807, 2.05) is 86.6 Å². The molecule has 0 unspecified atom stereocenters. The molecule has 2 nitrogen and oxygen atoms in total. The van der Waals surface area contributed by atoms with Gasteiger partial charge in [0.1, 0.15) is 5.75 Å². The van der Waals surface area contributed by atoms with Gasteiger partial charge in [0.25, 0.3) is 0 Å².